The van der Waals surface area contributed by atoms with Gasteiger partial charge in [0.05, 0.1) is 0 Å². The number of pyridine rings is 1. The van der Waals surface area contributed by atoms with Crippen molar-refractivity contribution in [3.63, 3.8) is 0 Å². The van der Waals surface area contributed by atoms with Crippen LogP contribution in [0.1, 0.15) is 6.42 Å². The lowest BCUT2D eigenvalue weighted by Crippen LogP contribution is -2.23. The number of nitrogens with zero attached hydrogens (tertiary/aromatic N) is 2. The fraction of sp³-hybridized carbons (Fsp3) is 0.583. The van der Waals surface area contributed by atoms with Crippen molar-refractivity contribution in [3.05, 3.63) is 24.5 Å². The maximum atomic E-state index is 4.00. The molecule has 4 heteroatoms. The first-order valence-electron chi connectivity index (χ1n) is 5.67. The van der Waals surface area contributed by atoms with Crippen LogP contribution in [0.3, 0.4) is 0 Å². The molecular formula is C12H21N3S. The molecule has 0 aliphatic heterocycles. The lowest BCUT2D eigenvalue weighted by molar-refractivity contribution is 0.396. The summed E-state index contributed by atoms with van der Waals surface area (Å²) in [4.78, 5) is 7.51. The Labute approximate surface area is 103 Å². The molecule has 16 heavy (non-hydrogen) atoms. The van der Waals surface area contributed by atoms with Crippen molar-refractivity contribution in [3.8, 4) is 0 Å². The van der Waals surface area contributed by atoms with Crippen LogP contribution in [0.2, 0.25) is 0 Å². The van der Waals surface area contributed by atoms with Gasteiger partial charge in [-0.15, -0.1) is 11.8 Å². The minimum absolute atomic E-state index is 1.07. The average Bonchev–Trinajstić information content (AvgIpc) is 2.29. The molecule has 0 aliphatic rings. The summed E-state index contributed by atoms with van der Waals surface area (Å²) in [5, 5.41) is 3.45. The van der Waals surface area contributed by atoms with Crippen molar-refractivity contribution in [2.75, 3.05) is 39.5 Å². The van der Waals surface area contributed by atoms with E-state index >= 15 is 0 Å². The van der Waals surface area contributed by atoms with E-state index in [1.165, 1.54) is 11.3 Å². The largest absolute Gasteiger partial charge is 0.316 e. The Morgan fingerprint density at radius 1 is 1.25 bits per heavy atom. The molecule has 0 aliphatic carbocycles. The highest BCUT2D eigenvalue weighted by Crippen LogP contribution is 2.14. The van der Waals surface area contributed by atoms with Gasteiger partial charge in [-0.1, -0.05) is 0 Å². The lowest BCUT2D eigenvalue weighted by Gasteiger charge is -2.09. The van der Waals surface area contributed by atoms with Crippen molar-refractivity contribution >= 4 is 11.8 Å². The molecule has 0 bridgehead atoms. The molecule has 0 unspecified atom stereocenters. The highest BCUT2D eigenvalue weighted by atomic mass is 32.2. The maximum Gasteiger partial charge on any atom is 0.0278 e. The second-order valence-corrected chi connectivity index (χ2v) is 5.11. The number of hydrogen-bond acceptors (Lipinski definition) is 4. The van der Waals surface area contributed by atoms with Gasteiger partial charge < -0.3 is 10.2 Å². The van der Waals surface area contributed by atoms with E-state index in [4.69, 9.17) is 0 Å². The van der Waals surface area contributed by atoms with Crippen LogP contribution in [-0.2, 0) is 0 Å². The summed E-state index contributed by atoms with van der Waals surface area (Å²) >= 11 is 1.87. The summed E-state index contributed by atoms with van der Waals surface area (Å²) in [6.45, 7) is 3.33. The predicted molar refractivity (Wildman–Crippen MR) is 71.0 cm³/mol. The van der Waals surface area contributed by atoms with Gasteiger partial charge in [-0.05, 0) is 45.7 Å². The molecule has 0 saturated heterocycles. The van der Waals surface area contributed by atoms with Gasteiger partial charge in [-0.2, -0.15) is 0 Å². The van der Waals surface area contributed by atoms with Crippen LogP contribution >= 0.6 is 11.8 Å². The number of aromatic nitrogens is 1. The molecule has 1 aromatic heterocycles. The van der Waals surface area contributed by atoms with Crippen LogP contribution in [0, 0.1) is 0 Å². The maximum absolute atomic E-state index is 4.00. The van der Waals surface area contributed by atoms with Gasteiger partial charge in [-0.3, -0.25) is 4.98 Å². The normalized spacial score (nSPS) is 10.9. The molecule has 1 aromatic rings. The Bertz CT molecular complexity index is 264. The third-order valence-corrected chi connectivity index (χ3v) is 3.17. The standard InChI is InChI=1S/C12H21N3S/c1-15(2)10-3-6-13-9-11-16-12-4-7-14-8-5-12/h4-5,7-8,13H,3,6,9-11H2,1-2H3. The minimum atomic E-state index is 1.07. The molecule has 0 fully saturated rings. The Hall–Kier alpha value is -0.580. The smallest absolute Gasteiger partial charge is 0.0278 e. The average molecular weight is 239 g/mol. The Morgan fingerprint density at radius 2 is 2.00 bits per heavy atom. The molecule has 0 saturated carbocycles. The number of thioether (sulfide) groups is 1. The third kappa shape index (κ3) is 6.82. The lowest BCUT2D eigenvalue weighted by atomic mass is 10.4. The zero-order valence-electron chi connectivity index (χ0n) is 10.1. The van der Waals surface area contributed by atoms with E-state index in [9.17, 15) is 0 Å². The molecule has 0 amide bonds. The first-order valence-corrected chi connectivity index (χ1v) is 6.66. The Balaban J connectivity index is 1.93. The summed E-state index contributed by atoms with van der Waals surface area (Å²) in [6, 6.07) is 4.10. The van der Waals surface area contributed by atoms with Crippen molar-refractivity contribution in [1.82, 2.24) is 15.2 Å². The summed E-state index contributed by atoms with van der Waals surface area (Å²) in [5.74, 6) is 1.12. The van der Waals surface area contributed by atoms with Gasteiger partial charge in [0.15, 0.2) is 0 Å². The summed E-state index contributed by atoms with van der Waals surface area (Å²) in [5.41, 5.74) is 0. The van der Waals surface area contributed by atoms with Crippen LogP contribution < -0.4 is 5.32 Å². The quantitative estimate of drug-likeness (QED) is 0.552. The van der Waals surface area contributed by atoms with Crippen LogP contribution in [0.15, 0.2) is 29.4 Å². The second-order valence-electron chi connectivity index (χ2n) is 3.94. The number of hydrogen-bond donors (Lipinski definition) is 1. The molecule has 0 radical (unpaired) electrons. The van der Waals surface area contributed by atoms with Crippen LogP contribution in [0.4, 0.5) is 0 Å². The van der Waals surface area contributed by atoms with Crippen LogP contribution in [0.25, 0.3) is 0 Å². The molecule has 1 N–H and O–H groups in total. The van der Waals surface area contributed by atoms with Crippen molar-refractivity contribution in [2.24, 2.45) is 0 Å². The van der Waals surface area contributed by atoms with Crippen molar-refractivity contribution < 1.29 is 0 Å². The van der Waals surface area contributed by atoms with Gasteiger partial charge in [-0.25, -0.2) is 0 Å². The topological polar surface area (TPSA) is 28.2 Å². The van der Waals surface area contributed by atoms with Gasteiger partial charge in [0, 0.05) is 29.6 Å². The summed E-state index contributed by atoms with van der Waals surface area (Å²) in [7, 11) is 4.22. The first kappa shape index (κ1) is 13.5. The summed E-state index contributed by atoms with van der Waals surface area (Å²) in [6.07, 6.45) is 4.90. The highest BCUT2D eigenvalue weighted by molar-refractivity contribution is 7.99. The van der Waals surface area contributed by atoms with E-state index in [1.54, 1.807) is 0 Å². The molecule has 90 valence electrons. The van der Waals surface area contributed by atoms with Gasteiger partial charge >= 0.3 is 0 Å². The zero-order chi connectivity index (χ0) is 11.6. The van der Waals surface area contributed by atoms with E-state index in [0.717, 1.165) is 25.4 Å². The number of rotatable bonds is 8. The SMILES string of the molecule is CN(C)CCCNCCSc1ccncc1. The van der Waals surface area contributed by atoms with Gasteiger partial charge in [0.2, 0.25) is 0 Å². The Morgan fingerprint density at radius 3 is 2.69 bits per heavy atom. The summed E-state index contributed by atoms with van der Waals surface area (Å²) < 4.78 is 0. The van der Waals surface area contributed by atoms with Crippen LogP contribution in [-0.4, -0.2) is 49.4 Å². The molecule has 1 rings (SSSR count). The van der Waals surface area contributed by atoms with E-state index in [0.29, 0.717) is 0 Å². The van der Waals surface area contributed by atoms with Crippen molar-refractivity contribution in [2.45, 2.75) is 11.3 Å². The molecule has 0 spiro atoms. The predicted octanol–water partition coefficient (Wildman–Crippen LogP) is 1.72. The van der Waals surface area contributed by atoms with E-state index in [2.05, 4.69) is 41.4 Å². The second kappa shape index (κ2) is 8.56. The fourth-order valence-electron chi connectivity index (χ4n) is 1.32. The zero-order valence-corrected chi connectivity index (χ0v) is 11.0. The first-order chi connectivity index (χ1) is 7.79. The number of nitrogens with one attached hydrogen (secondary N) is 1. The third-order valence-electron chi connectivity index (χ3n) is 2.16. The molecule has 1 heterocycles. The van der Waals surface area contributed by atoms with Crippen LogP contribution in [0.5, 0.6) is 0 Å². The molecule has 0 aromatic carbocycles. The monoisotopic (exact) mass is 239 g/mol. The Kier molecular flexibility index (Phi) is 7.21. The van der Waals surface area contributed by atoms with Crippen molar-refractivity contribution in [1.29, 1.82) is 0 Å². The van der Waals surface area contributed by atoms with Gasteiger partial charge in [0.1, 0.15) is 0 Å². The molecular weight excluding hydrogens is 218 g/mol. The minimum Gasteiger partial charge on any atom is -0.316 e. The van der Waals surface area contributed by atoms with Gasteiger partial charge in [0.25, 0.3) is 0 Å². The van der Waals surface area contributed by atoms with E-state index in [-0.39, 0.29) is 0 Å². The van der Waals surface area contributed by atoms with E-state index < -0.39 is 0 Å². The highest BCUT2D eigenvalue weighted by Gasteiger charge is 1.93. The fourth-order valence-corrected chi connectivity index (χ4v) is 2.12. The molecule has 0 atom stereocenters. The molecule has 3 nitrogen and oxygen atoms in total. The van der Waals surface area contributed by atoms with E-state index in [1.807, 2.05) is 24.2 Å².